The highest BCUT2D eigenvalue weighted by Gasteiger charge is 2.21. The number of benzene rings is 1. The fourth-order valence-corrected chi connectivity index (χ4v) is 4.20. The number of carbonyl (C=O) groups excluding carboxylic acids is 1. The van der Waals surface area contributed by atoms with Crippen molar-refractivity contribution in [3.63, 3.8) is 0 Å². The monoisotopic (exact) mass is 329 g/mol. The molecule has 0 aliphatic heterocycles. The lowest BCUT2D eigenvalue weighted by Gasteiger charge is -2.19. The molecule has 3 rings (SSSR count). The summed E-state index contributed by atoms with van der Waals surface area (Å²) in [7, 11) is 1.65. The second kappa shape index (κ2) is 7.18. The Morgan fingerprint density at radius 1 is 1.35 bits per heavy atom. The topological polar surface area (TPSA) is 38.3 Å². The Morgan fingerprint density at radius 2 is 2.13 bits per heavy atom. The van der Waals surface area contributed by atoms with Crippen LogP contribution in [0.3, 0.4) is 0 Å². The normalized spacial score (nSPS) is 16.7. The summed E-state index contributed by atoms with van der Waals surface area (Å²) in [6.45, 7) is 2.80. The van der Waals surface area contributed by atoms with Gasteiger partial charge in [-0.25, -0.2) is 0 Å². The first-order valence-electron chi connectivity index (χ1n) is 8.22. The van der Waals surface area contributed by atoms with Crippen LogP contribution in [0.2, 0.25) is 0 Å². The molecule has 23 heavy (non-hydrogen) atoms. The molecule has 1 atom stereocenters. The van der Waals surface area contributed by atoms with Gasteiger partial charge in [0.15, 0.2) is 0 Å². The van der Waals surface area contributed by atoms with Crippen LogP contribution in [0.5, 0.6) is 5.75 Å². The van der Waals surface area contributed by atoms with E-state index in [0.29, 0.717) is 6.54 Å². The lowest BCUT2D eigenvalue weighted by atomic mass is 9.87. The van der Waals surface area contributed by atoms with E-state index in [4.69, 9.17) is 4.74 Å². The van der Waals surface area contributed by atoms with Crippen LogP contribution >= 0.6 is 11.3 Å². The molecule has 1 N–H and O–H groups in total. The van der Waals surface area contributed by atoms with Gasteiger partial charge in [0.2, 0.25) is 0 Å². The molecule has 1 heterocycles. The minimum Gasteiger partial charge on any atom is -0.497 e. The first-order valence-corrected chi connectivity index (χ1v) is 9.04. The van der Waals surface area contributed by atoms with E-state index < -0.39 is 0 Å². The number of methoxy groups -OCH3 is 1. The standard InChI is InChI=1S/C19H23NO2S/c1-3-13-6-9-17-15(10-13)11-18(23-17)19(21)20-12-14-4-7-16(22-2)8-5-14/h4-5,7-8,11,13H,3,6,9-10,12H2,1-2H3,(H,20,21)/t13-/m1/s1. The van der Waals surface area contributed by atoms with Crippen LogP contribution in [-0.2, 0) is 19.4 Å². The summed E-state index contributed by atoms with van der Waals surface area (Å²) < 4.78 is 5.14. The largest absolute Gasteiger partial charge is 0.497 e. The maximum atomic E-state index is 12.4. The fourth-order valence-electron chi connectivity index (χ4n) is 3.07. The van der Waals surface area contributed by atoms with Crippen LogP contribution in [0, 0.1) is 5.92 Å². The zero-order valence-electron chi connectivity index (χ0n) is 13.7. The quantitative estimate of drug-likeness (QED) is 0.893. The molecule has 1 aliphatic carbocycles. The first kappa shape index (κ1) is 16.1. The summed E-state index contributed by atoms with van der Waals surface area (Å²) in [5.41, 5.74) is 2.47. The van der Waals surface area contributed by atoms with Crippen LogP contribution in [0.1, 0.15) is 45.4 Å². The molecule has 2 aromatic rings. The molecule has 0 radical (unpaired) electrons. The van der Waals surface area contributed by atoms with Crippen molar-refractivity contribution in [1.82, 2.24) is 5.32 Å². The predicted octanol–water partition coefficient (Wildman–Crippen LogP) is 4.20. The van der Waals surface area contributed by atoms with Crippen LogP contribution < -0.4 is 10.1 Å². The highest BCUT2D eigenvalue weighted by molar-refractivity contribution is 7.14. The minimum absolute atomic E-state index is 0.0354. The summed E-state index contributed by atoms with van der Waals surface area (Å²) >= 11 is 1.67. The van der Waals surface area contributed by atoms with Crippen LogP contribution in [0.25, 0.3) is 0 Å². The summed E-state index contributed by atoms with van der Waals surface area (Å²) in [5.74, 6) is 1.65. The van der Waals surface area contributed by atoms with Gasteiger partial charge in [-0.05, 0) is 54.5 Å². The lowest BCUT2D eigenvalue weighted by Crippen LogP contribution is -2.21. The fraction of sp³-hybridized carbons (Fsp3) is 0.421. The van der Waals surface area contributed by atoms with Gasteiger partial charge in [-0.2, -0.15) is 0 Å². The van der Waals surface area contributed by atoms with E-state index >= 15 is 0 Å². The Morgan fingerprint density at radius 3 is 2.83 bits per heavy atom. The molecule has 1 aromatic carbocycles. The molecule has 4 heteroatoms. The Bertz CT molecular complexity index is 675. The lowest BCUT2D eigenvalue weighted by molar-refractivity contribution is 0.0955. The van der Waals surface area contributed by atoms with E-state index in [1.165, 1.54) is 23.3 Å². The molecule has 122 valence electrons. The second-order valence-corrected chi connectivity index (χ2v) is 7.24. The number of rotatable bonds is 5. The van der Waals surface area contributed by atoms with Crippen molar-refractivity contribution < 1.29 is 9.53 Å². The average Bonchev–Trinajstić information content (AvgIpc) is 3.03. The van der Waals surface area contributed by atoms with Gasteiger partial charge in [-0.3, -0.25) is 4.79 Å². The third kappa shape index (κ3) is 3.75. The number of carbonyl (C=O) groups is 1. The third-order valence-electron chi connectivity index (χ3n) is 4.60. The van der Waals surface area contributed by atoms with Gasteiger partial charge in [-0.15, -0.1) is 11.3 Å². The average molecular weight is 329 g/mol. The number of hydrogen-bond acceptors (Lipinski definition) is 3. The molecule has 1 amide bonds. The zero-order valence-corrected chi connectivity index (χ0v) is 14.5. The Hall–Kier alpha value is -1.81. The van der Waals surface area contributed by atoms with E-state index in [2.05, 4.69) is 18.3 Å². The first-order chi connectivity index (χ1) is 11.2. The van der Waals surface area contributed by atoms with Crippen molar-refractivity contribution >= 4 is 17.2 Å². The molecule has 0 unspecified atom stereocenters. The number of hydrogen-bond donors (Lipinski definition) is 1. The molecule has 0 bridgehead atoms. The smallest absolute Gasteiger partial charge is 0.261 e. The number of fused-ring (bicyclic) bond motifs is 1. The van der Waals surface area contributed by atoms with Gasteiger partial charge in [-0.1, -0.05) is 25.5 Å². The Balaban J connectivity index is 1.61. The van der Waals surface area contributed by atoms with E-state index in [1.807, 2.05) is 24.3 Å². The van der Waals surface area contributed by atoms with Crippen molar-refractivity contribution in [2.45, 2.75) is 39.2 Å². The van der Waals surface area contributed by atoms with Crippen molar-refractivity contribution in [3.8, 4) is 5.75 Å². The van der Waals surface area contributed by atoms with Gasteiger partial charge in [0, 0.05) is 11.4 Å². The van der Waals surface area contributed by atoms with Gasteiger partial charge in [0.25, 0.3) is 5.91 Å². The van der Waals surface area contributed by atoms with E-state index in [9.17, 15) is 4.79 Å². The molecule has 0 saturated heterocycles. The highest BCUT2D eigenvalue weighted by atomic mass is 32.1. The molecule has 3 nitrogen and oxygen atoms in total. The summed E-state index contributed by atoms with van der Waals surface area (Å²) in [6.07, 6.45) is 4.75. The van der Waals surface area contributed by atoms with Gasteiger partial charge in [0.1, 0.15) is 5.75 Å². The number of aryl methyl sites for hydroxylation is 1. The minimum atomic E-state index is 0.0354. The van der Waals surface area contributed by atoms with Crippen LogP contribution in [0.4, 0.5) is 0 Å². The third-order valence-corrected chi connectivity index (χ3v) is 5.83. The number of thiophene rings is 1. The molecular weight excluding hydrogens is 306 g/mol. The zero-order chi connectivity index (χ0) is 16.2. The van der Waals surface area contributed by atoms with Gasteiger partial charge in [0.05, 0.1) is 12.0 Å². The summed E-state index contributed by atoms with van der Waals surface area (Å²) in [4.78, 5) is 14.6. The molecule has 1 aromatic heterocycles. The number of amides is 1. The Labute approximate surface area is 141 Å². The molecule has 0 fully saturated rings. The molecule has 1 aliphatic rings. The van der Waals surface area contributed by atoms with E-state index in [0.717, 1.165) is 34.9 Å². The van der Waals surface area contributed by atoms with Gasteiger partial charge >= 0.3 is 0 Å². The van der Waals surface area contributed by atoms with Crippen molar-refractivity contribution in [2.75, 3.05) is 7.11 Å². The van der Waals surface area contributed by atoms with Crippen LogP contribution in [-0.4, -0.2) is 13.0 Å². The molecule has 0 spiro atoms. The molecular formula is C19H23NO2S. The van der Waals surface area contributed by atoms with Crippen molar-refractivity contribution in [3.05, 3.63) is 51.2 Å². The highest BCUT2D eigenvalue weighted by Crippen LogP contribution is 2.33. The van der Waals surface area contributed by atoms with E-state index in [1.54, 1.807) is 18.4 Å². The second-order valence-electron chi connectivity index (χ2n) is 6.11. The summed E-state index contributed by atoms with van der Waals surface area (Å²) in [5, 5.41) is 3.02. The van der Waals surface area contributed by atoms with Gasteiger partial charge < -0.3 is 10.1 Å². The Kier molecular flexibility index (Phi) is 5.01. The van der Waals surface area contributed by atoms with E-state index in [-0.39, 0.29) is 5.91 Å². The van der Waals surface area contributed by atoms with Crippen LogP contribution in [0.15, 0.2) is 30.3 Å². The maximum absolute atomic E-state index is 12.4. The SMILES string of the molecule is CC[C@@H]1CCc2sc(C(=O)NCc3ccc(OC)cc3)cc2C1. The van der Waals surface area contributed by atoms with Crippen molar-refractivity contribution in [1.29, 1.82) is 0 Å². The summed E-state index contributed by atoms with van der Waals surface area (Å²) in [6, 6.07) is 9.88. The maximum Gasteiger partial charge on any atom is 0.261 e. The van der Waals surface area contributed by atoms with Crippen molar-refractivity contribution in [2.24, 2.45) is 5.92 Å². The number of nitrogens with one attached hydrogen (secondary N) is 1. The molecule has 0 saturated carbocycles. The number of ether oxygens (including phenoxy) is 1. The predicted molar refractivity (Wildman–Crippen MR) is 94.3 cm³/mol.